The van der Waals surface area contributed by atoms with Gasteiger partial charge in [0, 0.05) is 0 Å². The number of ether oxygens (including phenoxy) is 2. The Kier molecular flexibility index (Phi) is 3.32. The first-order valence-electron chi connectivity index (χ1n) is 6.55. The molecule has 20 heavy (non-hydrogen) atoms. The molecule has 0 saturated carbocycles. The third-order valence-electron chi connectivity index (χ3n) is 3.53. The van der Waals surface area contributed by atoms with Crippen LogP contribution >= 0.6 is 0 Å². The number of aryl methyl sites for hydroxylation is 1. The summed E-state index contributed by atoms with van der Waals surface area (Å²) in [6.45, 7) is 2.26. The summed E-state index contributed by atoms with van der Waals surface area (Å²) >= 11 is 0. The summed E-state index contributed by atoms with van der Waals surface area (Å²) in [5, 5.41) is 0. The minimum absolute atomic E-state index is 0.293. The standard InChI is InChI=1S/C16H16FNO2/c1-10-6-7-11(17)8-12(10)16(18)15-9-19-13-4-2-3-5-14(13)20-15/h2-8,15-16H,9,18H2,1H3. The molecule has 2 aromatic rings. The third-order valence-corrected chi connectivity index (χ3v) is 3.53. The van der Waals surface area contributed by atoms with Gasteiger partial charge in [0.1, 0.15) is 12.4 Å². The zero-order valence-electron chi connectivity index (χ0n) is 11.2. The summed E-state index contributed by atoms with van der Waals surface area (Å²) in [6.07, 6.45) is -0.328. The van der Waals surface area contributed by atoms with Crippen molar-refractivity contribution >= 4 is 0 Å². The van der Waals surface area contributed by atoms with Crippen LogP contribution in [0.5, 0.6) is 11.5 Å². The molecule has 2 N–H and O–H groups in total. The van der Waals surface area contributed by atoms with Gasteiger partial charge in [-0.1, -0.05) is 18.2 Å². The van der Waals surface area contributed by atoms with Crippen LogP contribution in [0.2, 0.25) is 0 Å². The molecule has 0 aliphatic carbocycles. The van der Waals surface area contributed by atoms with Crippen LogP contribution in [0, 0.1) is 12.7 Å². The average molecular weight is 273 g/mol. The van der Waals surface area contributed by atoms with Crippen LogP contribution in [0.25, 0.3) is 0 Å². The lowest BCUT2D eigenvalue weighted by molar-refractivity contribution is 0.0719. The summed E-state index contributed by atoms with van der Waals surface area (Å²) in [5.74, 6) is 1.10. The molecule has 0 radical (unpaired) electrons. The second-order valence-electron chi connectivity index (χ2n) is 4.94. The van der Waals surface area contributed by atoms with Gasteiger partial charge in [-0.15, -0.1) is 0 Å². The van der Waals surface area contributed by atoms with Gasteiger partial charge >= 0.3 is 0 Å². The maximum absolute atomic E-state index is 13.4. The first-order valence-corrected chi connectivity index (χ1v) is 6.55. The van der Waals surface area contributed by atoms with Crippen LogP contribution in [-0.4, -0.2) is 12.7 Å². The summed E-state index contributed by atoms with van der Waals surface area (Å²) < 4.78 is 24.9. The Morgan fingerprint density at radius 1 is 1.20 bits per heavy atom. The first-order chi connectivity index (χ1) is 9.65. The van der Waals surface area contributed by atoms with E-state index in [2.05, 4.69) is 0 Å². The molecule has 0 fully saturated rings. The van der Waals surface area contributed by atoms with E-state index in [4.69, 9.17) is 15.2 Å². The predicted molar refractivity (Wildman–Crippen MR) is 74.4 cm³/mol. The molecule has 1 aliphatic heterocycles. The van der Waals surface area contributed by atoms with Crippen LogP contribution in [-0.2, 0) is 0 Å². The summed E-state index contributed by atoms with van der Waals surface area (Å²) in [6, 6.07) is 11.6. The molecule has 104 valence electrons. The van der Waals surface area contributed by atoms with Gasteiger partial charge in [0.25, 0.3) is 0 Å². The molecule has 0 bridgehead atoms. The van der Waals surface area contributed by atoms with E-state index < -0.39 is 6.04 Å². The lowest BCUT2D eigenvalue weighted by Gasteiger charge is -2.31. The lowest BCUT2D eigenvalue weighted by atomic mass is 9.97. The van der Waals surface area contributed by atoms with E-state index in [1.807, 2.05) is 31.2 Å². The normalized spacial score (nSPS) is 18.6. The quantitative estimate of drug-likeness (QED) is 0.915. The van der Waals surface area contributed by atoms with Gasteiger partial charge in [-0.2, -0.15) is 0 Å². The second kappa shape index (κ2) is 5.13. The predicted octanol–water partition coefficient (Wildman–Crippen LogP) is 2.97. The third kappa shape index (κ3) is 2.34. The van der Waals surface area contributed by atoms with Gasteiger partial charge in [-0.05, 0) is 42.3 Å². The summed E-state index contributed by atoms with van der Waals surface area (Å²) in [4.78, 5) is 0. The zero-order chi connectivity index (χ0) is 14.1. The highest BCUT2D eigenvalue weighted by molar-refractivity contribution is 5.41. The second-order valence-corrected chi connectivity index (χ2v) is 4.94. The topological polar surface area (TPSA) is 44.5 Å². The molecule has 0 aromatic heterocycles. The highest BCUT2D eigenvalue weighted by atomic mass is 19.1. The van der Waals surface area contributed by atoms with Crippen molar-refractivity contribution in [3.63, 3.8) is 0 Å². The average Bonchev–Trinajstić information content (AvgIpc) is 2.48. The number of hydrogen-bond donors (Lipinski definition) is 1. The number of para-hydroxylation sites is 2. The Hall–Kier alpha value is -2.07. The largest absolute Gasteiger partial charge is 0.486 e. The van der Waals surface area contributed by atoms with Crippen molar-refractivity contribution in [3.8, 4) is 11.5 Å². The Morgan fingerprint density at radius 3 is 2.75 bits per heavy atom. The van der Waals surface area contributed by atoms with Crippen LogP contribution < -0.4 is 15.2 Å². The van der Waals surface area contributed by atoms with Crippen molar-refractivity contribution in [1.82, 2.24) is 0 Å². The van der Waals surface area contributed by atoms with Gasteiger partial charge in [0.2, 0.25) is 0 Å². The molecule has 2 aromatic carbocycles. The Bertz CT molecular complexity index is 630. The Balaban J connectivity index is 1.85. The minimum Gasteiger partial charge on any atom is -0.486 e. The molecule has 1 heterocycles. The van der Waals surface area contributed by atoms with Crippen LogP contribution in [0.4, 0.5) is 4.39 Å². The van der Waals surface area contributed by atoms with E-state index >= 15 is 0 Å². The smallest absolute Gasteiger partial charge is 0.161 e. The molecule has 4 heteroatoms. The molecule has 0 amide bonds. The van der Waals surface area contributed by atoms with E-state index in [1.54, 1.807) is 6.07 Å². The number of halogens is 1. The molecule has 2 atom stereocenters. The Morgan fingerprint density at radius 2 is 1.95 bits per heavy atom. The molecule has 2 unspecified atom stereocenters. The van der Waals surface area contributed by atoms with Crippen LogP contribution in [0.1, 0.15) is 17.2 Å². The van der Waals surface area contributed by atoms with Crippen molar-refractivity contribution in [2.75, 3.05) is 6.61 Å². The van der Waals surface area contributed by atoms with Gasteiger partial charge in [0.15, 0.2) is 17.6 Å². The highest BCUT2D eigenvalue weighted by Gasteiger charge is 2.28. The number of nitrogens with two attached hydrogens (primary N) is 1. The highest BCUT2D eigenvalue weighted by Crippen LogP contribution is 2.34. The van der Waals surface area contributed by atoms with Gasteiger partial charge in [0.05, 0.1) is 6.04 Å². The first kappa shape index (κ1) is 12.9. The maximum atomic E-state index is 13.4. The van der Waals surface area contributed by atoms with Crippen molar-refractivity contribution < 1.29 is 13.9 Å². The number of rotatable bonds is 2. The van der Waals surface area contributed by atoms with E-state index in [1.165, 1.54) is 12.1 Å². The van der Waals surface area contributed by atoms with E-state index in [-0.39, 0.29) is 11.9 Å². The molecule has 0 saturated heterocycles. The van der Waals surface area contributed by atoms with Crippen molar-refractivity contribution in [2.24, 2.45) is 5.73 Å². The van der Waals surface area contributed by atoms with E-state index in [9.17, 15) is 4.39 Å². The summed E-state index contributed by atoms with van der Waals surface area (Å²) in [7, 11) is 0. The van der Waals surface area contributed by atoms with Crippen molar-refractivity contribution in [2.45, 2.75) is 19.1 Å². The number of fused-ring (bicyclic) bond motifs is 1. The fourth-order valence-electron chi connectivity index (χ4n) is 2.38. The molecule has 1 aliphatic rings. The number of hydrogen-bond acceptors (Lipinski definition) is 3. The van der Waals surface area contributed by atoms with Crippen molar-refractivity contribution in [1.29, 1.82) is 0 Å². The maximum Gasteiger partial charge on any atom is 0.161 e. The SMILES string of the molecule is Cc1ccc(F)cc1C(N)C1COc2ccccc2O1. The fourth-order valence-corrected chi connectivity index (χ4v) is 2.38. The minimum atomic E-state index is -0.431. The van der Waals surface area contributed by atoms with Crippen molar-refractivity contribution in [3.05, 3.63) is 59.4 Å². The fraction of sp³-hybridized carbons (Fsp3) is 0.250. The van der Waals surface area contributed by atoms with Gasteiger partial charge in [-0.3, -0.25) is 0 Å². The van der Waals surface area contributed by atoms with Gasteiger partial charge in [-0.25, -0.2) is 4.39 Å². The van der Waals surface area contributed by atoms with E-state index in [0.29, 0.717) is 18.1 Å². The lowest BCUT2D eigenvalue weighted by Crippen LogP contribution is -2.39. The number of benzene rings is 2. The van der Waals surface area contributed by atoms with Crippen LogP contribution in [0.15, 0.2) is 42.5 Å². The van der Waals surface area contributed by atoms with E-state index in [0.717, 1.165) is 11.1 Å². The summed E-state index contributed by atoms with van der Waals surface area (Å²) in [5.41, 5.74) is 7.92. The zero-order valence-corrected chi connectivity index (χ0v) is 11.2. The Labute approximate surface area is 117 Å². The van der Waals surface area contributed by atoms with Gasteiger partial charge < -0.3 is 15.2 Å². The molecule has 0 spiro atoms. The molecular formula is C16H16FNO2. The molecule has 3 nitrogen and oxygen atoms in total. The van der Waals surface area contributed by atoms with Crippen LogP contribution in [0.3, 0.4) is 0 Å². The molecular weight excluding hydrogens is 257 g/mol. The molecule has 3 rings (SSSR count). The monoisotopic (exact) mass is 273 g/mol.